The maximum absolute atomic E-state index is 13.4. The van der Waals surface area contributed by atoms with Gasteiger partial charge in [0.05, 0.1) is 5.57 Å². The van der Waals surface area contributed by atoms with E-state index in [4.69, 9.17) is 5.10 Å². The Kier molecular flexibility index (Phi) is 5.99. The first-order chi connectivity index (χ1) is 15.0. The summed E-state index contributed by atoms with van der Waals surface area (Å²) in [6.45, 7) is 3.98. The monoisotopic (exact) mass is 434 g/mol. The van der Waals surface area contributed by atoms with Gasteiger partial charge in [0, 0.05) is 31.2 Å². The standard InChI is InChI=1S/C23H26N6OS/c1-5-31-23-26-22-24-15(2)19(21(30)25-17-9-7-6-8-10-17)20(29(22)27-23)16-11-13-18(14-12-16)28(3)4/h6-14,20H,5H2,1-4H3,(H,25,30)(H,24,26,27). The molecular formula is C23H26N6OS. The van der Waals surface area contributed by atoms with Crippen LogP contribution in [0.15, 0.2) is 71.0 Å². The molecule has 1 unspecified atom stereocenters. The highest BCUT2D eigenvalue weighted by atomic mass is 32.2. The number of aromatic nitrogens is 3. The van der Waals surface area contributed by atoms with Crippen LogP contribution in [0.25, 0.3) is 0 Å². The molecule has 3 aromatic rings. The molecule has 2 heterocycles. The minimum Gasteiger partial charge on any atom is -0.378 e. The predicted molar refractivity (Wildman–Crippen MR) is 127 cm³/mol. The topological polar surface area (TPSA) is 75.1 Å². The second kappa shape index (κ2) is 8.85. The highest BCUT2D eigenvalue weighted by Crippen LogP contribution is 2.37. The molecule has 1 atom stereocenters. The molecule has 4 rings (SSSR count). The minimum atomic E-state index is -0.380. The van der Waals surface area contributed by atoms with Crippen molar-refractivity contribution >= 4 is 35.0 Å². The lowest BCUT2D eigenvalue weighted by Crippen LogP contribution is -2.31. The summed E-state index contributed by atoms with van der Waals surface area (Å²) in [6.07, 6.45) is 0. The normalized spacial score (nSPS) is 15.3. The van der Waals surface area contributed by atoms with Crippen LogP contribution in [-0.4, -0.2) is 40.5 Å². The Balaban J connectivity index is 1.77. The number of carbonyl (C=O) groups excluding carboxylic acids is 1. The van der Waals surface area contributed by atoms with E-state index >= 15 is 0 Å². The molecule has 8 heteroatoms. The third-order valence-electron chi connectivity index (χ3n) is 5.11. The molecule has 0 spiro atoms. The van der Waals surface area contributed by atoms with Crippen LogP contribution in [0, 0.1) is 0 Å². The van der Waals surface area contributed by atoms with Gasteiger partial charge in [-0.1, -0.05) is 49.0 Å². The molecule has 2 N–H and O–H groups in total. The largest absolute Gasteiger partial charge is 0.378 e. The Bertz CT molecular complexity index is 1100. The second-order valence-electron chi connectivity index (χ2n) is 7.47. The van der Waals surface area contributed by atoms with Crippen molar-refractivity contribution in [2.45, 2.75) is 25.0 Å². The molecule has 0 fully saturated rings. The third-order valence-corrected chi connectivity index (χ3v) is 5.83. The molecule has 1 aromatic heterocycles. The lowest BCUT2D eigenvalue weighted by atomic mass is 9.94. The van der Waals surface area contributed by atoms with Crippen molar-refractivity contribution in [3.8, 4) is 0 Å². The predicted octanol–water partition coefficient (Wildman–Crippen LogP) is 4.38. The minimum absolute atomic E-state index is 0.163. The van der Waals surface area contributed by atoms with Crippen LogP contribution >= 0.6 is 11.8 Å². The van der Waals surface area contributed by atoms with E-state index in [0.29, 0.717) is 16.7 Å². The van der Waals surface area contributed by atoms with Gasteiger partial charge in [-0.3, -0.25) is 4.79 Å². The van der Waals surface area contributed by atoms with Gasteiger partial charge >= 0.3 is 0 Å². The zero-order chi connectivity index (χ0) is 22.0. The lowest BCUT2D eigenvalue weighted by Gasteiger charge is -2.29. The maximum atomic E-state index is 13.4. The molecule has 0 aliphatic carbocycles. The number of fused-ring (bicyclic) bond motifs is 1. The van der Waals surface area contributed by atoms with Crippen molar-refractivity contribution in [1.29, 1.82) is 0 Å². The van der Waals surface area contributed by atoms with E-state index in [1.165, 1.54) is 0 Å². The number of amides is 1. The summed E-state index contributed by atoms with van der Waals surface area (Å²) in [6, 6.07) is 17.3. The van der Waals surface area contributed by atoms with Crippen LogP contribution < -0.4 is 15.5 Å². The van der Waals surface area contributed by atoms with Gasteiger partial charge < -0.3 is 15.5 Å². The molecule has 160 valence electrons. The van der Waals surface area contributed by atoms with Gasteiger partial charge in [-0.05, 0) is 42.5 Å². The average Bonchev–Trinajstić information content (AvgIpc) is 3.15. The Morgan fingerprint density at radius 2 is 1.87 bits per heavy atom. The number of hydrogen-bond acceptors (Lipinski definition) is 6. The molecule has 7 nitrogen and oxygen atoms in total. The lowest BCUT2D eigenvalue weighted by molar-refractivity contribution is -0.113. The highest BCUT2D eigenvalue weighted by molar-refractivity contribution is 7.99. The zero-order valence-corrected chi connectivity index (χ0v) is 18.9. The van der Waals surface area contributed by atoms with Crippen molar-refractivity contribution in [2.75, 3.05) is 35.4 Å². The Morgan fingerprint density at radius 3 is 2.52 bits per heavy atom. The fourth-order valence-electron chi connectivity index (χ4n) is 3.60. The summed E-state index contributed by atoms with van der Waals surface area (Å²) in [7, 11) is 4.01. The number of rotatable bonds is 6. The van der Waals surface area contributed by atoms with Gasteiger partial charge in [-0.2, -0.15) is 4.98 Å². The first-order valence-electron chi connectivity index (χ1n) is 10.2. The molecule has 0 bridgehead atoms. The summed E-state index contributed by atoms with van der Waals surface area (Å²) in [5.74, 6) is 1.36. The molecule has 0 radical (unpaired) electrons. The number of nitrogens with one attached hydrogen (secondary N) is 2. The van der Waals surface area contributed by atoms with Crippen molar-refractivity contribution < 1.29 is 4.79 Å². The fraction of sp³-hybridized carbons (Fsp3) is 0.261. The van der Waals surface area contributed by atoms with Crippen molar-refractivity contribution in [3.63, 3.8) is 0 Å². The van der Waals surface area contributed by atoms with Crippen LogP contribution in [0.5, 0.6) is 0 Å². The summed E-state index contributed by atoms with van der Waals surface area (Å²) in [5, 5.41) is 11.7. The van der Waals surface area contributed by atoms with Crippen molar-refractivity contribution in [3.05, 3.63) is 71.4 Å². The van der Waals surface area contributed by atoms with Crippen molar-refractivity contribution in [1.82, 2.24) is 14.8 Å². The van der Waals surface area contributed by atoms with Crippen LogP contribution in [0.3, 0.4) is 0 Å². The molecule has 1 aliphatic heterocycles. The number of benzene rings is 2. The Morgan fingerprint density at radius 1 is 1.16 bits per heavy atom. The zero-order valence-electron chi connectivity index (χ0n) is 18.1. The fourth-order valence-corrected chi connectivity index (χ4v) is 4.15. The van der Waals surface area contributed by atoms with Gasteiger partial charge in [-0.25, -0.2) is 4.68 Å². The van der Waals surface area contributed by atoms with E-state index in [1.54, 1.807) is 11.8 Å². The van der Waals surface area contributed by atoms with Gasteiger partial charge in [0.1, 0.15) is 6.04 Å². The van der Waals surface area contributed by atoms with Gasteiger partial charge in [0.25, 0.3) is 5.91 Å². The molecule has 1 amide bonds. The van der Waals surface area contributed by atoms with Crippen LogP contribution in [0.4, 0.5) is 17.3 Å². The number of anilines is 3. The molecule has 0 saturated heterocycles. The first-order valence-corrected chi connectivity index (χ1v) is 11.2. The third kappa shape index (κ3) is 4.29. The Labute approximate surface area is 186 Å². The molecule has 2 aromatic carbocycles. The van der Waals surface area contributed by atoms with E-state index < -0.39 is 0 Å². The van der Waals surface area contributed by atoms with E-state index in [0.717, 1.165) is 28.4 Å². The number of hydrogen-bond donors (Lipinski definition) is 2. The first kappa shape index (κ1) is 21.0. The summed E-state index contributed by atoms with van der Waals surface area (Å²) in [5.41, 5.74) is 4.20. The number of carbonyl (C=O) groups is 1. The SMILES string of the molecule is CCSc1nc2n(n1)C(c1ccc(N(C)C)cc1)C(C(=O)Nc1ccccc1)=C(C)N2. The number of allylic oxidation sites excluding steroid dienone is 1. The Hall–Kier alpha value is -3.26. The molecule has 31 heavy (non-hydrogen) atoms. The van der Waals surface area contributed by atoms with Crippen LogP contribution in [-0.2, 0) is 4.79 Å². The van der Waals surface area contributed by atoms with Gasteiger partial charge in [0.15, 0.2) is 0 Å². The number of nitrogens with zero attached hydrogens (tertiary/aromatic N) is 4. The summed E-state index contributed by atoms with van der Waals surface area (Å²) in [4.78, 5) is 20.1. The second-order valence-corrected chi connectivity index (χ2v) is 8.70. The van der Waals surface area contributed by atoms with E-state index in [-0.39, 0.29) is 11.9 Å². The number of thioether (sulfide) groups is 1. The van der Waals surface area contributed by atoms with Crippen LogP contribution in [0.1, 0.15) is 25.5 Å². The van der Waals surface area contributed by atoms with E-state index in [2.05, 4.69) is 34.7 Å². The van der Waals surface area contributed by atoms with Crippen molar-refractivity contribution in [2.24, 2.45) is 0 Å². The van der Waals surface area contributed by atoms with Gasteiger partial charge in [0.2, 0.25) is 11.1 Å². The molecule has 1 aliphatic rings. The molecule has 0 saturated carbocycles. The summed E-state index contributed by atoms with van der Waals surface area (Å²) >= 11 is 1.58. The van der Waals surface area contributed by atoms with Gasteiger partial charge in [-0.15, -0.1) is 5.10 Å². The maximum Gasteiger partial charge on any atom is 0.255 e. The highest BCUT2D eigenvalue weighted by Gasteiger charge is 2.34. The van der Waals surface area contributed by atoms with E-state index in [9.17, 15) is 4.79 Å². The van der Waals surface area contributed by atoms with E-state index in [1.807, 2.05) is 73.1 Å². The molecular weight excluding hydrogens is 408 g/mol. The smallest absolute Gasteiger partial charge is 0.255 e. The van der Waals surface area contributed by atoms with Crippen LogP contribution in [0.2, 0.25) is 0 Å². The summed E-state index contributed by atoms with van der Waals surface area (Å²) < 4.78 is 1.82. The quantitative estimate of drug-likeness (QED) is 0.561. The average molecular weight is 435 g/mol. The number of para-hydroxylation sites is 1.